The molecule has 3 N–H and O–H groups in total. The van der Waals surface area contributed by atoms with Crippen LogP contribution in [0.1, 0.15) is 6.92 Å². The van der Waals surface area contributed by atoms with Crippen molar-refractivity contribution in [1.82, 2.24) is 0 Å². The molecule has 6 heteroatoms. The molecule has 0 aliphatic heterocycles. The van der Waals surface area contributed by atoms with Crippen LogP contribution in [0.25, 0.3) is 11.1 Å². The zero-order valence-corrected chi connectivity index (χ0v) is 17.9. The van der Waals surface area contributed by atoms with Gasteiger partial charge in [-0.3, -0.25) is 9.59 Å². The molecule has 0 saturated carbocycles. The van der Waals surface area contributed by atoms with E-state index >= 15 is 0 Å². The van der Waals surface area contributed by atoms with Gasteiger partial charge < -0.3 is 20.3 Å². The minimum absolute atomic E-state index is 0.126. The Bertz CT molecular complexity index is 1000. The van der Waals surface area contributed by atoms with E-state index in [0.717, 1.165) is 21.7 Å². The minimum atomic E-state index is -0.148. The molecule has 0 aliphatic rings. The van der Waals surface area contributed by atoms with E-state index in [9.17, 15) is 9.59 Å². The van der Waals surface area contributed by atoms with Gasteiger partial charge >= 0.3 is 0 Å². The summed E-state index contributed by atoms with van der Waals surface area (Å²) in [5.41, 5.74) is 3.63. The fourth-order valence-electron chi connectivity index (χ4n) is 3.25. The summed E-state index contributed by atoms with van der Waals surface area (Å²) in [5.74, 6) is 0.402. The van der Waals surface area contributed by atoms with Gasteiger partial charge in [-0.15, -0.1) is 0 Å². The normalized spacial score (nSPS) is 11.4. The Morgan fingerprint density at radius 2 is 1.39 bits per heavy atom. The summed E-state index contributed by atoms with van der Waals surface area (Å²) in [5, 5.41) is 5.77. The molecule has 3 aromatic carbocycles. The number of hydrogen-bond donors (Lipinski definition) is 3. The molecule has 0 aromatic heterocycles. The first kappa shape index (κ1) is 22.1. The number of carbonyl (C=O) groups is 2. The van der Waals surface area contributed by atoms with Gasteiger partial charge in [0.25, 0.3) is 11.8 Å². The van der Waals surface area contributed by atoms with Crippen LogP contribution in [0.2, 0.25) is 0 Å². The maximum Gasteiger partial charge on any atom is 0.279 e. The number of anilines is 2. The first-order valence-corrected chi connectivity index (χ1v) is 10.3. The molecule has 1 unspecified atom stereocenters. The Kier molecular flexibility index (Phi) is 7.79. The van der Waals surface area contributed by atoms with Gasteiger partial charge in [0, 0.05) is 17.4 Å². The highest BCUT2D eigenvalue weighted by Gasteiger charge is 2.17. The lowest BCUT2D eigenvalue weighted by Gasteiger charge is -2.17. The van der Waals surface area contributed by atoms with Crippen molar-refractivity contribution in [2.75, 3.05) is 37.4 Å². The molecular formula is C25H28N3O3+. The Labute approximate surface area is 182 Å². The molecule has 0 bridgehead atoms. The predicted octanol–water partition coefficient (Wildman–Crippen LogP) is 2.84. The maximum atomic E-state index is 12.5. The molecule has 3 aromatic rings. The predicted molar refractivity (Wildman–Crippen MR) is 123 cm³/mol. The molecule has 0 spiro atoms. The molecule has 160 valence electrons. The van der Waals surface area contributed by atoms with Crippen molar-refractivity contribution in [3.8, 4) is 16.9 Å². The fraction of sp³-hybridized carbons (Fsp3) is 0.200. The van der Waals surface area contributed by atoms with Crippen molar-refractivity contribution in [1.29, 1.82) is 0 Å². The Morgan fingerprint density at radius 1 is 0.774 bits per heavy atom. The summed E-state index contributed by atoms with van der Waals surface area (Å²) in [7, 11) is 1.58. The lowest BCUT2D eigenvalue weighted by atomic mass is 10.1. The maximum absolute atomic E-state index is 12.5. The topological polar surface area (TPSA) is 71.9 Å². The SMILES string of the molecule is CC[NH+](CC(=O)Nc1ccc(-c2ccccc2)cc1)CC(=O)Nc1cccc(OC)c1. The van der Waals surface area contributed by atoms with Crippen LogP contribution in [0.3, 0.4) is 0 Å². The molecule has 0 aliphatic carbocycles. The monoisotopic (exact) mass is 418 g/mol. The lowest BCUT2D eigenvalue weighted by Crippen LogP contribution is -3.13. The summed E-state index contributed by atoms with van der Waals surface area (Å²) in [6.07, 6.45) is 0. The fourth-order valence-corrected chi connectivity index (χ4v) is 3.25. The summed E-state index contributed by atoms with van der Waals surface area (Å²) in [4.78, 5) is 25.7. The Balaban J connectivity index is 1.51. The van der Waals surface area contributed by atoms with Crippen LogP contribution in [0.15, 0.2) is 78.9 Å². The number of rotatable bonds is 9. The zero-order chi connectivity index (χ0) is 22.1. The zero-order valence-electron chi connectivity index (χ0n) is 17.9. The molecule has 6 nitrogen and oxygen atoms in total. The number of amides is 2. The average Bonchev–Trinajstić information content (AvgIpc) is 2.79. The molecule has 0 saturated heterocycles. The van der Waals surface area contributed by atoms with Crippen LogP contribution in [0.5, 0.6) is 5.75 Å². The summed E-state index contributed by atoms with van der Waals surface area (Å²) >= 11 is 0. The molecule has 0 fully saturated rings. The van der Waals surface area contributed by atoms with Crippen LogP contribution in [-0.2, 0) is 9.59 Å². The van der Waals surface area contributed by atoms with Crippen molar-refractivity contribution >= 4 is 23.2 Å². The highest BCUT2D eigenvalue weighted by Crippen LogP contribution is 2.21. The molecule has 0 heterocycles. The number of ether oxygens (including phenoxy) is 1. The number of hydrogen-bond acceptors (Lipinski definition) is 3. The second kappa shape index (κ2) is 10.9. The smallest absolute Gasteiger partial charge is 0.279 e. The van der Waals surface area contributed by atoms with E-state index in [-0.39, 0.29) is 24.9 Å². The number of benzene rings is 3. The highest BCUT2D eigenvalue weighted by atomic mass is 16.5. The summed E-state index contributed by atoms with van der Waals surface area (Å²) < 4.78 is 5.17. The average molecular weight is 419 g/mol. The molecule has 1 atom stereocenters. The van der Waals surface area contributed by atoms with E-state index in [1.807, 2.05) is 73.7 Å². The van der Waals surface area contributed by atoms with E-state index in [1.165, 1.54) is 0 Å². The van der Waals surface area contributed by atoms with Gasteiger partial charge in [0.2, 0.25) is 0 Å². The number of quaternary nitrogens is 1. The van der Waals surface area contributed by atoms with Crippen molar-refractivity contribution in [3.05, 3.63) is 78.9 Å². The van der Waals surface area contributed by atoms with Gasteiger partial charge in [-0.1, -0.05) is 48.5 Å². The third-order valence-electron chi connectivity index (χ3n) is 4.95. The molecule has 0 radical (unpaired) electrons. The van der Waals surface area contributed by atoms with Gasteiger partial charge in [0.15, 0.2) is 13.1 Å². The number of likely N-dealkylation sites (N-methyl/N-ethyl adjacent to an activating group) is 1. The second-order valence-corrected chi connectivity index (χ2v) is 7.23. The van der Waals surface area contributed by atoms with Crippen molar-refractivity contribution in [3.63, 3.8) is 0 Å². The number of carbonyl (C=O) groups excluding carboxylic acids is 2. The van der Waals surface area contributed by atoms with E-state index < -0.39 is 0 Å². The van der Waals surface area contributed by atoms with Crippen molar-refractivity contribution < 1.29 is 19.2 Å². The van der Waals surface area contributed by atoms with Crippen LogP contribution >= 0.6 is 0 Å². The minimum Gasteiger partial charge on any atom is -0.497 e. The first-order valence-electron chi connectivity index (χ1n) is 10.3. The van der Waals surface area contributed by atoms with Gasteiger partial charge in [-0.05, 0) is 42.3 Å². The van der Waals surface area contributed by atoms with Crippen molar-refractivity contribution in [2.24, 2.45) is 0 Å². The van der Waals surface area contributed by atoms with E-state index in [2.05, 4.69) is 10.6 Å². The standard InChI is InChI=1S/C25H27N3O3/c1-3-28(18-25(30)27-22-10-7-11-23(16-22)31-2)17-24(29)26-21-14-12-20(13-15-21)19-8-5-4-6-9-19/h4-16H,3,17-18H2,1-2H3,(H,26,29)(H,27,30)/p+1. The van der Waals surface area contributed by atoms with Gasteiger partial charge in [0.1, 0.15) is 5.75 Å². The third kappa shape index (κ3) is 6.69. The summed E-state index contributed by atoms with van der Waals surface area (Å²) in [6.45, 7) is 3.03. The van der Waals surface area contributed by atoms with E-state index in [1.54, 1.807) is 19.2 Å². The van der Waals surface area contributed by atoms with Crippen LogP contribution in [-0.4, -0.2) is 38.6 Å². The molecular weight excluding hydrogens is 390 g/mol. The molecule has 31 heavy (non-hydrogen) atoms. The summed E-state index contributed by atoms with van der Waals surface area (Å²) in [6, 6.07) is 25.0. The van der Waals surface area contributed by atoms with E-state index in [0.29, 0.717) is 18.0 Å². The quantitative estimate of drug-likeness (QED) is 0.500. The first-order chi connectivity index (χ1) is 15.1. The molecule has 2 amide bonds. The molecule has 3 rings (SSSR count). The second-order valence-electron chi connectivity index (χ2n) is 7.23. The Morgan fingerprint density at radius 3 is 2.00 bits per heavy atom. The number of nitrogens with one attached hydrogen (secondary N) is 3. The highest BCUT2D eigenvalue weighted by molar-refractivity contribution is 5.93. The lowest BCUT2D eigenvalue weighted by molar-refractivity contribution is -0.881. The van der Waals surface area contributed by atoms with Gasteiger partial charge in [0.05, 0.1) is 13.7 Å². The Hall–Kier alpha value is -3.64. The van der Waals surface area contributed by atoms with Gasteiger partial charge in [-0.2, -0.15) is 0 Å². The third-order valence-corrected chi connectivity index (χ3v) is 4.95. The van der Waals surface area contributed by atoms with Crippen molar-refractivity contribution in [2.45, 2.75) is 6.92 Å². The van der Waals surface area contributed by atoms with Crippen LogP contribution < -0.4 is 20.3 Å². The number of methoxy groups -OCH3 is 1. The van der Waals surface area contributed by atoms with Crippen LogP contribution in [0, 0.1) is 0 Å². The van der Waals surface area contributed by atoms with Gasteiger partial charge in [-0.25, -0.2) is 0 Å². The van der Waals surface area contributed by atoms with E-state index in [4.69, 9.17) is 4.74 Å². The van der Waals surface area contributed by atoms with Crippen LogP contribution in [0.4, 0.5) is 11.4 Å². The largest absolute Gasteiger partial charge is 0.497 e.